The number of nitriles is 1. The van der Waals surface area contributed by atoms with Gasteiger partial charge >= 0.3 is 0 Å². The van der Waals surface area contributed by atoms with E-state index in [0.29, 0.717) is 34.0 Å². The zero-order valence-electron chi connectivity index (χ0n) is 15.5. The van der Waals surface area contributed by atoms with Crippen LogP contribution in [-0.4, -0.2) is 28.0 Å². The van der Waals surface area contributed by atoms with Crippen molar-refractivity contribution in [2.75, 3.05) is 12.4 Å². The lowest BCUT2D eigenvalue weighted by molar-refractivity contribution is 0.102. The lowest BCUT2D eigenvalue weighted by atomic mass is 10.1. The highest BCUT2D eigenvalue weighted by Gasteiger charge is 2.14. The Morgan fingerprint density at radius 2 is 1.93 bits per heavy atom. The Labute approximate surface area is 166 Å². The molecule has 1 amide bonds. The van der Waals surface area contributed by atoms with Crippen molar-refractivity contribution in [3.05, 3.63) is 78.1 Å². The van der Waals surface area contributed by atoms with E-state index in [2.05, 4.69) is 26.3 Å². The normalized spacial score (nSPS) is 10.3. The highest BCUT2D eigenvalue weighted by atomic mass is 16.5. The van der Waals surface area contributed by atoms with Gasteiger partial charge in [-0.2, -0.15) is 5.26 Å². The predicted molar refractivity (Wildman–Crippen MR) is 108 cm³/mol. The van der Waals surface area contributed by atoms with Gasteiger partial charge in [0.1, 0.15) is 17.3 Å². The van der Waals surface area contributed by atoms with E-state index in [1.807, 2.05) is 18.2 Å². The number of anilines is 1. The van der Waals surface area contributed by atoms with Crippen LogP contribution in [0.25, 0.3) is 22.3 Å². The summed E-state index contributed by atoms with van der Waals surface area (Å²) in [4.78, 5) is 25.6. The highest BCUT2D eigenvalue weighted by molar-refractivity contribution is 6.04. The molecular formula is C22H15N5O2. The molecule has 140 valence electrons. The first-order valence-electron chi connectivity index (χ1n) is 8.75. The summed E-state index contributed by atoms with van der Waals surface area (Å²) in [5, 5.41) is 12.6. The van der Waals surface area contributed by atoms with Crippen LogP contribution in [0, 0.1) is 11.3 Å². The Kier molecular flexibility index (Phi) is 4.82. The molecule has 0 aliphatic heterocycles. The number of amides is 1. The van der Waals surface area contributed by atoms with Gasteiger partial charge in [-0.15, -0.1) is 0 Å². The molecule has 0 saturated carbocycles. The zero-order valence-corrected chi connectivity index (χ0v) is 15.5. The average Bonchev–Trinajstić information content (AvgIpc) is 2.78. The Bertz CT molecular complexity index is 1250. The lowest BCUT2D eigenvalue weighted by Crippen LogP contribution is -2.13. The van der Waals surface area contributed by atoms with Crippen molar-refractivity contribution in [2.24, 2.45) is 0 Å². The van der Waals surface area contributed by atoms with E-state index in [0.717, 1.165) is 10.9 Å². The van der Waals surface area contributed by atoms with Crippen molar-refractivity contribution in [3.63, 3.8) is 0 Å². The molecular weight excluding hydrogens is 366 g/mol. The third-order valence-corrected chi connectivity index (χ3v) is 4.33. The number of nitrogens with zero attached hydrogens (tertiary/aromatic N) is 4. The largest absolute Gasteiger partial charge is 0.494 e. The molecule has 0 aliphatic rings. The molecule has 0 radical (unpaired) electrons. The number of methoxy groups -OCH3 is 1. The summed E-state index contributed by atoms with van der Waals surface area (Å²) in [5.41, 5.74) is 2.82. The Morgan fingerprint density at radius 1 is 1.10 bits per heavy atom. The van der Waals surface area contributed by atoms with Gasteiger partial charge in [0.25, 0.3) is 5.91 Å². The Morgan fingerprint density at radius 3 is 2.69 bits per heavy atom. The Hall–Kier alpha value is -4.31. The summed E-state index contributed by atoms with van der Waals surface area (Å²) in [7, 11) is 1.52. The Balaban J connectivity index is 1.60. The topological polar surface area (TPSA) is 101 Å². The van der Waals surface area contributed by atoms with Crippen LogP contribution in [-0.2, 0) is 0 Å². The van der Waals surface area contributed by atoms with Gasteiger partial charge in [0.15, 0.2) is 5.65 Å². The third-order valence-electron chi connectivity index (χ3n) is 4.33. The molecule has 1 aromatic carbocycles. The van der Waals surface area contributed by atoms with E-state index < -0.39 is 0 Å². The molecule has 7 heteroatoms. The molecule has 1 N–H and O–H groups in total. The minimum atomic E-state index is -0.357. The fourth-order valence-electron chi connectivity index (χ4n) is 2.85. The van der Waals surface area contributed by atoms with Crippen molar-refractivity contribution >= 4 is 22.8 Å². The van der Waals surface area contributed by atoms with E-state index in [1.54, 1.807) is 42.6 Å². The van der Waals surface area contributed by atoms with Crippen LogP contribution in [0.15, 0.2) is 67.0 Å². The van der Waals surface area contributed by atoms with E-state index in [-0.39, 0.29) is 5.91 Å². The number of nitrogens with one attached hydrogen (secondary N) is 1. The second-order valence-electron chi connectivity index (χ2n) is 6.16. The summed E-state index contributed by atoms with van der Waals surface area (Å²) in [6, 6.07) is 18.0. The van der Waals surface area contributed by atoms with Crippen molar-refractivity contribution < 1.29 is 9.53 Å². The van der Waals surface area contributed by atoms with Gasteiger partial charge in [0.05, 0.1) is 24.3 Å². The van der Waals surface area contributed by atoms with E-state index >= 15 is 0 Å². The monoisotopic (exact) mass is 381 g/mol. The molecule has 0 spiro atoms. The van der Waals surface area contributed by atoms with Crippen LogP contribution >= 0.6 is 0 Å². The van der Waals surface area contributed by atoms with Gasteiger partial charge in [0.2, 0.25) is 0 Å². The van der Waals surface area contributed by atoms with Crippen molar-refractivity contribution in [3.8, 4) is 23.1 Å². The molecule has 0 aliphatic carbocycles. The van der Waals surface area contributed by atoms with Crippen LogP contribution in [0.3, 0.4) is 0 Å². The maximum atomic E-state index is 12.6. The van der Waals surface area contributed by atoms with Gasteiger partial charge < -0.3 is 10.1 Å². The minimum Gasteiger partial charge on any atom is -0.494 e. The fraction of sp³-hybridized carbons (Fsp3) is 0.0455. The van der Waals surface area contributed by atoms with Crippen LogP contribution in [0.2, 0.25) is 0 Å². The smallest absolute Gasteiger partial charge is 0.258 e. The number of pyridine rings is 3. The number of hydrogen-bond acceptors (Lipinski definition) is 6. The van der Waals surface area contributed by atoms with Crippen molar-refractivity contribution in [1.29, 1.82) is 5.26 Å². The van der Waals surface area contributed by atoms with E-state index in [4.69, 9.17) is 10.00 Å². The van der Waals surface area contributed by atoms with Gasteiger partial charge in [-0.05, 0) is 42.5 Å². The number of rotatable bonds is 4. The molecule has 4 rings (SSSR count). The number of fused-ring (bicyclic) bond motifs is 1. The van der Waals surface area contributed by atoms with Crippen molar-refractivity contribution in [2.45, 2.75) is 0 Å². The summed E-state index contributed by atoms with van der Waals surface area (Å²) in [5.74, 6) is 0.497. The first kappa shape index (κ1) is 18.1. The summed E-state index contributed by atoms with van der Waals surface area (Å²) >= 11 is 0. The standard InChI is InChI=1S/C22H15N5O2/c1-29-18-11-17(13-25-20(18)15-6-4-14(12-23)5-7-15)22(28)27-19-9-8-16-3-2-10-24-21(16)26-19/h2-11,13H,1H3,(H,24,26,27,28). The lowest BCUT2D eigenvalue weighted by Gasteiger charge is -2.10. The molecule has 3 heterocycles. The van der Waals surface area contributed by atoms with E-state index in [1.165, 1.54) is 13.3 Å². The number of benzene rings is 1. The molecule has 7 nitrogen and oxygen atoms in total. The number of aromatic nitrogens is 3. The summed E-state index contributed by atoms with van der Waals surface area (Å²) in [6.07, 6.45) is 3.13. The second-order valence-corrected chi connectivity index (χ2v) is 6.16. The summed E-state index contributed by atoms with van der Waals surface area (Å²) < 4.78 is 5.42. The number of carbonyl (C=O) groups excluding carboxylic acids is 1. The molecule has 29 heavy (non-hydrogen) atoms. The molecule has 3 aromatic heterocycles. The first-order chi connectivity index (χ1) is 14.2. The van der Waals surface area contributed by atoms with Gasteiger partial charge in [-0.3, -0.25) is 9.78 Å². The molecule has 0 fully saturated rings. The fourth-order valence-corrected chi connectivity index (χ4v) is 2.85. The molecule has 0 bridgehead atoms. The molecule has 0 saturated heterocycles. The second kappa shape index (κ2) is 7.74. The highest BCUT2D eigenvalue weighted by Crippen LogP contribution is 2.29. The molecule has 0 unspecified atom stereocenters. The van der Waals surface area contributed by atoms with Gasteiger partial charge in [0, 0.05) is 23.3 Å². The van der Waals surface area contributed by atoms with Gasteiger partial charge in [-0.1, -0.05) is 12.1 Å². The third kappa shape index (κ3) is 3.73. The van der Waals surface area contributed by atoms with Crippen LogP contribution in [0.4, 0.5) is 5.82 Å². The average molecular weight is 381 g/mol. The summed E-state index contributed by atoms with van der Waals surface area (Å²) in [6.45, 7) is 0. The van der Waals surface area contributed by atoms with Crippen LogP contribution in [0.1, 0.15) is 15.9 Å². The molecule has 0 atom stereocenters. The van der Waals surface area contributed by atoms with E-state index in [9.17, 15) is 4.79 Å². The molecule has 4 aromatic rings. The van der Waals surface area contributed by atoms with Gasteiger partial charge in [-0.25, -0.2) is 9.97 Å². The maximum absolute atomic E-state index is 12.6. The van der Waals surface area contributed by atoms with Crippen molar-refractivity contribution in [1.82, 2.24) is 15.0 Å². The van der Waals surface area contributed by atoms with Crippen LogP contribution < -0.4 is 10.1 Å². The number of carbonyl (C=O) groups is 1. The quantitative estimate of drug-likeness (QED) is 0.577. The maximum Gasteiger partial charge on any atom is 0.258 e. The first-order valence-corrected chi connectivity index (χ1v) is 8.75. The predicted octanol–water partition coefficient (Wildman–Crippen LogP) is 3.82. The minimum absolute atomic E-state index is 0.335. The SMILES string of the molecule is COc1cc(C(=O)Nc2ccc3cccnc3n2)cnc1-c1ccc(C#N)cc1. The number of hydrogen-bond donors (Lipinski definition) is 1. The zero-order chi connectivity index (χ0) is 20.2. The van der Waals surface area contributed by atoms with Crippen LogP contribution in [0.5, 0.6) is 5.75 Å². The number of ether oxygens (including phenoxy) is 1.